The third-order valence-corrected chi connectivity index (χ3v) is 2.08. The first-order valence-corrected chi connectivity index (χ1v) is 3.99. The van der Waals surface area contributed by atoms with Crippen LogP contribution in [0.3, 0.4) is 0 Å². The standard InChI is InChI=1S/C5H12O3P/c1-4-8-9(7)5(2,3)6/h6H,4H2,1-3H3/q+1. The molecule has 0 aliphatic carbocycles. The van der Waals surface area contributed by atoms with Gasteiger partial charge in [-0.15, -0.1) is 4.52 Å². The molecule has 0 aliphatic rings. The summed E-state index contributed by atoms with van der Waals surface area (Å²) in [6, 6.07) is 0. The summed E-state index contributed by atoms with van der Waals surface area (Å²) >= 11 is 0. The first-order chi connectivity index (χ1) is 3.98. The van der Waals surface area contributed by atoms with Crippen molar-refractivity contribution in [3.05, 3.63) is 0 Å². The molecule has 0 saturated heterocycles. The van der Waals surface area contributed by atoms with Gasteiger partial charge in [0.1, 0.15) is 0 Å². The van der Waals surface area contributed by atoms with E-state index < -0.39 is 13.4 Å². The minimum atomic E-state index is -1.92. The van der Waals surface area contributed by atoms with E-state index in [9.17, 15) is 4.57 Å². The van der Waals surface area contributed by atoms with Crippen molar-refractivity contribution in [2.75, 3.05) is 6.61 Å². The van der Waals surface area contributed by atoms with Crippen LogP contribution >= 0.6 is 8.03 Å². The van der Waals surface area contributed by atoms with E-state index in [1.165, 1.54) is 13.8 Å². The average molecular weight is 151 g/mol. The number of hydrogen-bond acceptors (Lipinski definition) is 3. The maximum Gasteiger partial charge on any atom is 0.542 e. The van der Waals surface area contributed by atoms with E-state index in [1.807, 2.05) is 0 Å². The largest absolute Gasteiger partial charge is 0.542 e. The zero-order valence-corrected chi connectivity index (χ0v) is 6.81. The first kappa shape index (κ1) is 9.02. The second-order valence-electron chi connectivity index (χ2n) is 2.17. The molecule has 9 heavy (non-hydrogen) atoms. The van der Waals surface area contributed by atoms with Gasteiger partial charge in [-0.1, -0.05) is 0 Å². The zero-order chi connectivity index (χ0) is 7.49. The van der Waals surface area contributed by atoms with Crippen molar-refractivity contribution in [1.29, 1.82) is 0 Å². The lowest BCUT2D eigenvalue weighted by molar-refractivity contribution is 0.146. The van der Waals surface area contributed by atoms with Crippen LogP contribution in [0.5, 0.6) is 0 Å². The molecular weight excluding hydrogens is 139 g/mol. The molecule has 0 rings (SSSR count). The molecule has 0 saturated carbocycles. The van der Waals surface area contributed by atoms with Gasteiger partial charge < -0.3 is 5.11 Å². The van der Waals surface area contributed by atoms with Crippen LogP contribution in [0.2, 0.25) is 0 Å². The van der Waals surface area contributed by atoms with Gasteiger partial charge in [-0.2, -0.15) is 0 Å². The molecule has 1 unspecified atom stereocenters. The molecule has 54 valence electrons. The first-order valence-electron chi connectivity index (χ1n) is 2.81. The van der Waals surface area contributed by atoms with Crippen molar-refractivity contribution >= 4 is 8.03 Å². The predicted molar refractivity (Wildman–Crippen MR) is 35.5 cm³/mol. The van der Waals surface area contributed by atoms with E-state index >= 15 is 0 Å². The Morgan fingerprint density at radius 2 is 2.11 bits per heavy atom. The monoisotopic (exact) mass is 151 g/mol. The molecule has 1 atom stereocenters. The third-order valence-electron chi connectivity index (χ3n) is 0.693. The van der Waals surface area contributed by atoms with Gasteiger partial charge in [0.15, 0.2) is 0 Å². The van der Waals surface area contributed by atoms with Gasteiger partial charge in [-0.3, -0.25) is 0 Å². The molecule has 0 aromatic heterocycles. The van der Waals surface area contributed by atoms with Gasteiger partial charge in [-0.25, -0.2) is 0 Å². The quantitative estimate of drug-likeness (QED) is 0.621. The lowest BCUT2D eigenvalue weighted by Gasteiger charge is -1.99. The highest BCUT2D eigenvalue weighted by atomic mass is 31.1. The zero-order valence-electron chi connectivity index (χ0n) is 5.92. The fourth-order valence-corrected chi connectivity index (χ4v) is 0.826. The van der Waals surface area contributed by atoms with E-state index in [2.05, 4.69) is 4.52 Å². The highest BCUT2D eigenvalue weighted by Crippen LogP contribution is 2.36. The van der Waals surface area contributed by atoms with Crippen molar-refractivity contribution in [3.8, 4) is 0 Å². The lowest BCUT2D eigenvalue weighted by Crippen LogP contribution is -2.13. The molecule has 0 aromatic carbocycles. The molecule has 0 aliphatic heterocycles. The molecule has 1 N–H and O–H groups in total. The maximum absolute atomic E-state index is 10.7. The van der Waals surface area contributed by atoms with E-state index in [0.717, 1.165) is 0 Å². The van der Waals surface area contributed by atoms with Crippen LogP contribution in [0, 0.1) is 0 Å². The summed E-state index contributed by atoms with van der Waals surface area (Å²) in [4.78, 5) is 0. The fourth-order valence-electron chi connectivity index (χ4n) is 0.275. The van der Waals surface area contributed by atoms with Crippen molar-refractivity contribution in [2.45, 2.75) is 26.1 Å². The second kappa shape index (κ2) is 3.25. The Labute approximate surface area is 55.9 Å². The van der Waals surface area contributed by atoms with Gasteiger partial charge in [0.25, 0.3) is 5.34 Å². The average Bonchev–Trinajstić information content (AvgIpc) is 1.64. The molecule has 0 amide bonds. The summed E-state index contributed by atoms with van der Waals surface area (Å²) in [7, 11) is -1.92. The fraction of sp³-hybridized carbons (Fsp3) is 1.00. The van der Waals surface area contributed by atoms with E-state index in [-0.39, 0.29) is 0 Å². The van der Waals surface area contributed by atoms with E-state index in [4.69, 9.17) is 5.11 Å². The van der Waals surface area contributed by atoms with Crippen molar-refractivity contribution in [1.82, 2.24) is 0 Å². The van der Waals surface area contributed by atoms with Gasteiger partial charge in [0.2, 0.25) is 0 Å². The van der Waals surface area contributed by atoms with Crippen LogP contribution in [0.15, 0.2) is 0 Å². The van der Waals surface area contributed by atoms with Crippen molar-refractivity contribution in [3.63, 3.8) is 0 Å². The topological polar surface area (TPSA) is 46.5 Å². The van der Waals surface area contributed by atoms with Gasteiger partial charge >= 0.3 is 8.03 Å². The van der Waals surface area contributed by atoms with Crippen LogP contribution in [0.25, 0.3) is 0 Å². The van der Waals surface area contributed by atoms with Gasteiger partial charge in [0, 0.05) is 13.8 Å². The minimum Gasteiger partial charge on any atom is -0.347 e. The van der Waals surface area contributed by atoms with Crippen LogP contribution in [0.1, 0.15) is 20.8 Å². The van der Waals surface area contributed by atoms with E-state index in [0.29, 0.717) is 6.61 Å². The maximum atomic E-state index is 10.7. The van der Waals surface area contributed by atoms with Gasteiger partial charge in [-0.05, 0) is 11.5 Å². The summed E-state index contributed by atoms with van der Waals surface area (Å²) in [6.45, 7) is 5.03. The van der Waals surface area contributed by atoms with Crippen LogP contribution < -0.4 is 0 Å². The predicted octanol–water partition coefficient (Wildman–Crippen LogP) is 1.49. The summed E-state index contributed by atoms with van der Waals surface area (Å²) in [6.07, 6.45) is 0. The number of rotatable bonds is 3. The molecule has 0 aromatic rings. The summed E-state index contributed by atoms with van der Waals surface area (Å²) in [5.41, 5.74) is 0. The second-order valence-corrected chi connectivity index (χ2v) is 4.04. The highest BCUT2D eigenvalue weighted by Gasteiger charge is 2.39. The van der Waals surface area contributed by atoms with Crippen LogP contribution in [-0.2, 0) is 9.09 Å². The van der Waals surface area contributed by atoms with Crippen LogP contribution in [0.4, 0.5) is 0 Å². The Bertz CT molecular complexity index is 105. The minimum absolute atomic E-state index is 0.374. The molecule has 0 spiro atoms. The molecule has 0 fully saturated rings. The summed E-state index contributed by atoms with van der Waals surface area (Å²) in [5.74, 6) is 0. The number of aliphatic hydroxyl groups is 1. The molecule has 0 heterocycles. The number of hydrogen-bond donors (Lipinski definition) is 1. The molecule has 0 radical (unpaired) electrons. The Morgan fingerprint density at radius 1 is 1.67 bits per heavy atom. The Kier molecular flexibility index (Phi) is 3.26. The Hall–Kier alpha value is 0.0200. The summed E-state index contributed by atoms with van der Waals surface area (Å²) < 4.78 is 15.4. The van der Waals surface area contributed by atoms with Crippen molar-refractivity contribution in [2.24, 2.45) is 0 Å². The third kappa shape index (κ3) is 3.57. The molecule has 3 nitrogen and oxygen atoms in total. The normalized spacial score (nSPS) is 13.6. The Balaban J connectivity index is 3.74. The highest BCUT2D eigenvalue weighted by molar-refractivity contribution is 7.40. The lowest BCUT2D eigenvalue weighted by atomic mass is 10.5. The molecule has 4 heteroatoms. The van der Waals surface area contributed by atoms with Gasteiger partial charge in [0.05, 0.1) is 6.61 Å². The van der Waals surface area contributed by atoms with Crippen LogP contribution in [-0.4, -0.2) is 17.1 Å². The van der Waals surface area contributed by atoms with E-state index in [1.54, 1.807) is 6.92 Å². The summed E-state index contributed by atoms with van der Waals surface area (Å²) in [5, 5.41) is 7.81. The Morgan fingerprint density at radius 3 is 2.22 bits per heavy atom. The smallest absolute Gasteiger partial charge is 0.347 e. The SMILES string of the molecule is CCO[P+](=O)C(C)(C)O. The molecular formula is C5H12O3P+. The van der Waals surface area contributed by atoms with Crippen molar-refractivity contribution < 1.29 is 14.2 Å². The molecule has 0 bridgehead atoms.